The first-order chi connectivity index (χ1) is 18.8. The summed E-state index contributed by atoms with van der Waals surface area (Å²) >= 11 is 0. The lowest BCUT2D eigenvalue weighted by Crippen LogP contribution is -2.68. The van der Waals surface area contributed by atoms with Crippen molar-refractivity contribution in [1.82, 2.24) is 5.06 Å². The third-order valence-electron chi connectivity index (χ3n) is 12.5. The SMILES string of the molecule is CC(C)CCC[C@@H](C)[C@H]1CC[C@H]2[C@@H]3C[C@@H](O)[C@@]4(O)C[C@@H](OC(=O)ON5C(=O)CCC5=O)CC[C@]4(C)[C@H]3CC[C@]12C. The van der Waals surface area contributed by atoms with Crippen LogP contribution in [-0.4, -0.2) is 51.1 Å². The Bertz CT molecular complexity index is 984. The second-order valence-corrected chi connectivity index (χ2v) is 14.9. The Balaban J connectivity index is 1.25. The number of hydrogen-bond acceptors (Lipinski definition) is 7. The van der Waals surface area contributed by atoms with Gasteiger partial charge in [0.25, 0.3) is 11.8 Å². The molecular weight excluding hydrogens is 510 g/mol. The fourth-order valence-corrected chi connectivity index (χ4v) is 10.3. The molecule has 0 aromatic heterocycles. The van der Waals surface area contributed by atoms with E-state index in [1.54, 1.807) is 0 Å². The summed E-state index contributed by atoms with van der Waals surface area (Å²) < 4.78 is 5.49. The first-order valence-electron chi connectivity index (χ1n) is 15.9. The molecule has 0 radical (unpaired) electrons. The highest BCUT2D eigenvalue weighted by molar-refractivity contribution is 6.01. The molecule has 0 spiro atoms. The highest BCUT2D eigenvalue weighted by Crippen LogP contribution is 2.69. The van der Waals surface area contributed by atoms with E-state index in [0.717, 1.165) is 18.3 Å². The minimum atomic E-state index is -1.37. The highest BCUT2D eigenvalue weighted by Gasteiger charge is 2.67. The summed E-state index contributed by atoms with van der Waals surface area (Å²) in [6.07, 6.45) is 7.86. The quantitative estimate of drug-likeness (QED) is 0.299. The van der Waals surface area contributed by atoms with E-state index in [0.29, 0.717) is 53.4 Å². The molecule has 1 aliphatic heterocycles. The molecule has 5 rings (SSSR count). The van der Waals surface area contributed by atoms with Crippen molar-refractivity contribution in [1.29, 1.82) is 0 Å². The minimum absolute atomic E-state index is 0.0141. The van der Waals surface area contributed by atoms with Gasteiger partial charge in [-0.25, -0.2) is 4.79 Å². The number of amides is 2. The van der Waals surface area contributed by atoms with Gasteiger partial charge in [0.2, 0.25) is 0 Å². The number of rotatable bonds is 7. The van der Waals surface area contributed by atoms with Crippen molar-refractivity contribution in [3.05, 3.63) is 0 Å². The lowest BCUT2D eigenvalue weighted by molar-refractivity contribution is -0.266. The van der Waals surface area contributed by atoms with Gasteiger partial charge in [0.15, 0.2) is 0 Å². The Labute approximate surface area is 239 Å². The summed E-state index contributed by atoms with van der Waals surface area (Å²) in [5.41, 5.74) is -1.55. The molecule has 226 valence electrons. The van der Waals surface area contributed by atoms with Crippen LogP contribution >= 0.6 is 0 Å². The highest BCUT2D eigenvalue weighted by atomic mass is 16.8. The van der Waals surface area contributed by atoms with Gasteiger partial charge in [0.05, 0.1) is 11.7 Å². The number of imide groups is 1. The van der Waals surface area contributed by atoms with Gasteiger partial charge in [-0.05, 0) is 85.9 Å². The van der Waals surface area contributed by atoms with Gasteiger partial charge in [-0.15, -0.1) is 0 Å². The van der Waals surface area contributed by atoms with E-state index >= 15 is 0 Å². The van der Waals surface area contributed by atoms with Crippen LogP contribution in [0.25, 0.3) is 0 Å². The maximum atomic E-state index is 12.4. The zero-order valence-electron chi connectivity index (χ0n) is 25.2. The van der Waals surface area contributed by atoms with Gasteiger partial charge in [-0.1, -0.05) is 58.9 Å². The van der Waals surface area contributed by atoms with Gasteiger partial charge >= 0.3 is 6.16 Å². The summed E-state index contributed by atoms with van der Waals surface area (Å²) in [5, 5.41) is 24.1. The molecule has 8 nitrogen and oxygen atoms in total. The molecule has 1 saturated heterocycles. The van der Waals surface area contributed by atoms with Crippen molar-refractivity contribution in [3.8, 4) is 0 Å². The standard InChI is InChI=1S/C32H51NO7/c1-19(2)7-6-8-20(3)23-9-10-24-22-17-26(34)32(38)18-21(39-29(37)40-33-27(35)11-12-28(33)36)13-16-31(32,5)25(22)14-15-30(23,24)4/h19-26,34,38H,6-18H2,1-5H3/t20-,21+,22+,23-,24+,25+,26-,30-,31-,32+/m1/s1. The molecule has 0 aromatic rings. The number of hydrogen-bond donors (Lipinski definition) is 2. The second kappa shape index (κ2) is 10.9. The van der Waals surface area contributed by atoms with Crippen LogP contribution in [0.4, 0.5) is 4.79 Å². The number of fused-ring (bicyclic) bond motifs is 5. The fraction of sp³-hybridized carbons (Fsp3) is 0.906. The van der Waals surface area contributed by atoms with E-state index in [1.807, 2.05) is 0 Å². The number of carbonyl (C=O) groups is 3. The van der Waals surface area contributed by atoms with E-state index in [-0.39, 0.29) is 19.3 Å². The van der Waals surface area contributed by atoms with Crippen molar-refractivity contribution >= 4 is 18.0 Å². The number of carbonyl (C=O) groups excluding carboxylic acids is 3. The molecule has 4 saturated carbocycles. The van der Waals surface area contributed by atoms with Gasteiger partial charge in [-0.3, -0.25) is 14.4 Å². The molecule has 2 amide bonds. The van der Waals surface area contributed by atoms with Crippen LogP contribution in [0.15, 0.2) is 0 Å². The van der Waals surface area contributed by atoms with Crippen molar-refractivity contribution < 1.29 is 34.2 Å². The zero-order valence-corrected chi connectivity index (χ0v) is 25.2. The molecule has 8 heteroatoms. The van der Waals surface area contributed by atoms with Crippen LogP contribution in [0.1, 0.15) is 118 Å². The predicted octanol–water partition coefficient (Wildman–Crippen LogP) is 5.78. The van der Waals surface area contributed by atoms with Gasteiger partial charge in [0.1, 0.15) is 6.10 Å². The molecule has 2 N–H and O–H groups in total. The van der Waals surface area contributed by atoms with Crippen molar-refractivity contribution in [2.45, 2.75) is 136 Å². The molecule has 1 heterocycles. The fourth-order valence-electron chi connectivity index (χ4n) is 10.3. The molecule has 5 fully saturated rings. The van der Waals surface area contributed by atoms with Crippen LogP contribution < -0.4 is 0 Å². The molecule has 5 aliphatic rings. The van der Waals surface area contributed by atoms with Crippen LogP contribution in [0, 0.1) is 46.3 Å². The second-order valence-electron chi connectivity index (χ2n) is 14.9. The Morgan fingerprint density at radius 3 is 2.38 bits per heavy atom. The zero-order chi connectivity index (χ0) is 29.0. The summed E-state index contributed by atoms with van der Waals surface area (Å²) in [6, 6.07) is 0. The summed E-state index contributed by atoms with van der Waals surface area (Å²) in [7, 11) is 0. The largest absolute Gasteiger partial charge is 0.534 e. The lowest BCUT2D eigenvalue weighted by Gasteiger charge is -2.65. The smallest absolute Gasteiger partial charge is 0.429 e. The molecule has 0 unspecified atom stereocenters. The predicted molar refractivity (Wildman–Crippen MR) is 148 cm³/mol. The summed E-state index contributed by atoms with van der Waals surface area (Å²) in [5.74, 6) is 2.35. The topological polar surface area (TPSA) is 113 Å². The Hall–Kier alpha value is -1.67. The Kier molecular flexibility index (Phi) is 8.10. The van der Waals surface area contributed by atoms with E-state index in [4.69, 9.17) is 9.57 Å². The Morgan fingerprint density at radius 2 is 1.70 bits per heavy atom. The lowest BCUT2D eigenvalue weighted by atomic mass is 9.42. The van der Waals surface area contributed by atoms with Crippen LogP contribution in [0.5, 0.6) is 0 Å². The molecule has 0 aromatic carbocycles. The third-order valence-corrected chi connectivity index (χ3v) is 12.5. The number of ether oxygens (including phenoxy) is 1. The van der Waals surface area contributed by atoms with Crippen molar-refractivity contribution in [2.24, 2.45) is 46.3 Å². The van der Waals surface area contributed by atoms with Crippen LogP contribution in [0.2, 0.25) is 0 Å². The molecule has 4 aliphatic carbocycles. The van der Waals surface area contributed by atoms with Crippen LogP contribution in [0.3, 0.4) is 0 Å². The maximum Gasteiger partial charge on any atom is 0.534 e. The normalized spacial score (nSPS) is 43.8. The van der Waals surface area contributed by atoms with E-state index in [9.17, 15) is 24.6 Å². The van der Waals surface area contributed by atoms with Gasteiger partial charge in [-0.2, -0.15) is 0 Å². The maximum absolute atomic E-state index is 12.4. The number of aliphatic hydroxyl groups is 2. The molecular formula is C32H51NO7. The van der Waals surface area contributed by atoms with E-state index < -0.39 is 41.2 Å². The number of aliphatic hydroxyl groups excluding tert-OH is 1. The Morgan fingerprint density at radius 1 is 1.00 bits per heavy atom. The van der Waals surface area contributed by atoms with Crippen LogP contribution in [-0.2, 0) is 19.2 Å². The average molecular weight is 562 g/mol. The first kappa shape index (κ1) is 29.8. The number of nitrogens with zero attached hydrogens (tertiary/aromatic N) is 1. The molecule has 0 bridgehead atoms. The van der Waals surface area contributed by atoms with Gasteiger partial charge in [0, 0.05) is 24.7 Å². The van der Waals surface area contributed by atoms with E-state index in [2.05, 4.69) is 34.6 Å². The van der Waals surface area contributed by atoms with E-state index in [1.165, 1.54) is 38.5 Å². The average Bonchev–Trinajstić information content (AvgIpc) is 3.39. The molecule has 10 atom stereocenters. The third kappa shape index (κ3) is 4.89. The summed E-state index contributed by atoms with van der Waals surface area (Å²) in [4.78, 5) is 40.9. The monoisotopic (exact) mass is 561 g/mol. The van der Waals surface area contributed by atoms with Gasteiger partial charge < -0.3 is 14.9 Å². The minimum Gasteiger partial charge on any atom is -0.429 e. The number of hydroxylamine groups is 2. The first-order valence-corrected chi connectivity index (χ1v) is 15.9. The van der Waals surface area contributed by atoms with Crippen molar-refractivity contribution in [2.75, 3.05) is 0 Å². The molecule has 40 heavy (non-hydrogen) atoms. The summed E-state index contributed by atoms with van der Waals surface area (Å²) in [6.45, 7) is 11.7. The van der Waals surface area contributed by atoms with Crippen molar-refractivity contribution in [3.63, 3.8) is 0 Å².